The fourth-order valence-corrected chi connectivity index (χ4v) is 2.10. The predicted molar refractivity (Wildman–Crippen MR) is 75.8 cm³/mol. The molecule has 0 aliphatic rings. The molecule has 0 saturated carbocycles. The van der Waals surface area contributed by atoms with Gasteiger partial charge in [0.15, 0.2) is 0 Å². The molecule has 0 bridgehead atoms. The Morgan fingerprint density at radius 1 is 1.30 bits per heavy atom. The molecule has 20 heavy (non-hydrogen) atoms. The van der Waals surface area contributed by atoms with Gasteiger partial charge < -0.3 is 5.32 Å². The second-order valence-electron chi connectivity index (χ2n) is 5.30. The lowest BCUT2D eigenvalue weighted by Crippen LogP contribution is -2.16. The van der Waals surface area contributed by atoms with Gasteiger partial charge in [-0.05, 0) is 12.0 Å². The van der Waals surface area contributed by atoms with E-state index in [2.05, 4.69) is 35.6 Å². The van der Waals surface area contributed by atoms with E-state index in [1.807, 2.05) is 16.9 Å². The summed E-state index contributed by atoms with van der Waals surface area (Å²) in [5, 5.41) is 11.8. The third-order valence-electron chi connectivity index (χ3n) is 2.97. The van der Waals surface area contributed by atoms with E-state index in [9.17, 15) is 4.39 Å². The van der Waals surface area contributed by atoms with Gasteiger partial charge in [-0.1, -0.05) is 13.8 Å². The maximum atomic E-state index is 12.3. The highest BCUT2D eigenvalue weighted by molar-refractivity contribution is 5.05. The van der Waals surface area contributed by atoms with Gasteiger partial charge in [-0.3, -0.25) is 9.36 Å². The minimum Gasteiger partial charge on any atom is -0.307 e. The molecule has 0 spiro atoms. The number of aryl methyl sites for hydroxylation is 1. The molecule has 0 amide bonds. The second-order valence-corrected chi connectivity index (χ2v) is 5.30. The molecule has 2 rings (SSSR count). The van der Waals surface area contributed by atoms with Crippen molar-refractivity contribution < 1.29 is 4.39 Å². The molecule has 2 aromatic heterocycles. The standard InChI is InChI=1S/C14H22FN5/c1-12(2)10-19-11-13(8-18-19)7-16-9-14-3-5-17-20(14)6-4-15/h3,5,8,11-12,16H,4,6-7,9-10H2,1-2H3. The fraction of sp³-hybridized carbons (Fsp3) is 0.571. The molecule has 110 valence electrons. The molecule has 5 nitrogen and oxygen atoms in total. The molecule has 0 aliphatic carbocycles. The monoisotopic (exact) mass is 279 g/mol. The van der Waals surface area contributed by atoms with E-state index >= 15 is 0 Å². The molecule has 1 N–H and O–H groups in total. The first-order valence-corrected chi connectivity index (χ1v) is 6.97. The van der Waals surface area contributed by atoms with Crippen molar-refractivity contribution >= 4 is 0 Å². The van der Waals surface area contributed by atoms with Gasteiger partial charge >= 0.3 is 0 Å². The number of aromatic nitrogens is 4. The Kier molecular flexibility index (Phi) is 5.29. The van der Waals surface area contributed by atoms with Gasteiger partial charge in [0, 0.05) is 37.6 Å². The molecule has 2 heterocycles. The first-order valence-electron chi connectivity index (χ1n) is 6.97. The molecule has 0 radical (unpaired) electrons. The van der Waals surface area contributed by atoms with Crippen molar-refractivity contribution in [3.63, 3.8) is 0 Å². The van der Waals surface area contributed by atoms with E-state index in [0.717, 1.165) is 24.3 Å². The quantitative estimate of drug-likeness (QED) is 0.804. The minimum atomic E-state index is -0.392. The van der Waals surface area contributed by atoms with Crippen molar-refractivity contribution in [3.05, 3.63) is 35.9 Å². The van der Waals surface area contributed by atoms with Gasteiger partial charge in [-0.15, -0.1) is 0 Å². The zero-order valence-electron chi connectivity index (χ0n) is 12.1. The number of hydrogen-bond acceptors (Lipinski definition) is 3. The Bertz CT molecular complexity index is 517. The van der Waals surface area contributed by atoms with Crippen molar-refractivity contribution in [2.45, 2.75) is 40.0 Å². The molecule has 0 aliphatic heterocycles. The van der Waals surface area contributed by atoms with Gasteiger partial charge in [0.1, 0.15) is 6.67 Å². The Hall–Kier alpha value is -1.69. The summed E-state index contributed by atoms with van der Waals surface area (Å²) in [4.78, 5) is 0. The highest BCUT2D eigenvalue weighted by Gasteiger charge is 2.03. The Labute approximate surface area is 118 Å². The van der Waals surface area contributed by atoms with E-state index in [0.29, 0.717) is 19.0 Å². The molecule has 0 aromatic carbocycles. The van der Waals surface area contributed by atoms with Crippen LogP contribution in [0.25, 0.3) is 0 Å². The maximum Gasteiger partial charge on any atom is 0.109 e. The zero-order valence-corrected chi connectivity index (χ0v) is 12.1. The SMILES string of the molecule is CC(C)Cn1cc(CNCc2ccnn2CCF)cn1. The smallest absolute Gasteiger partial charge is 0.109 e. The first kappa shape index (κ1) is 14.7. The van der Waals surface area contributed by atoms with Crippen LogP contribution in [0.15, 0.2) is 24.7 Å². The summed E-state index contributed by atoms with van der Waals surface area (Å²) in [6.45, 7) is 6.63. The average Bonchev–Trinajstić information content (AvgIpc) is 3.00. The number of nitrogens with one attached hydrogen (secondary N) is 1. The molecule has 0 atom stereocenters. The Morgan fingerprint density at radius 3 is 2.90 bits per heavy atom. The molecule has 0 saturated heterocycles. The second kappa shape index (κ2) is 7.19. The van der Waals surface area contributed by atoms with Crippen LogP contribution in [0.2, 0.25) is 0 Å². The van der Waals surface area contributed by atoms with Gasteiger partial charge in [-0.25, -0.2) is 4.39 Å². The minimum absolute atomic E-state index is 0.316. The van der Waals surface area contributed by atoms with Crippen LogP contribution < -0.4 is 5.32 Å². The number of nitrogens with zero attached hydrogens (tertiary/aromatic N) is 4. The van der Waals surface area contributed by atoms with E-state index < -0.39 is 6.67 Å². The van der Waals surface area contributed by atoms with Crippen LogP contribution in [0.5, 0.6) is 0 Å². The lowest BCUT2D eigenvalue weighted by Gasteiger charge is -2.06. The molecular formula is C14H22FN5. The zero-order chi connectivity index (χ0) is 14.4. The molecule has 6 heteroatoms. The summed E-state index contributed by atoms with van der Waals surface area (Å²) < 4.78 is 16.0. The van der Waals surface area contributed by atoms with Crippen molar-refractivity contribution in [1.82, 2.24) is 24.9 Å². The summed E-state index contributed by atoms with van der Waals surface area (Å²) in [6.07, 6.45) is 5.65. The van der Waals surface area contributed by atoms with Crippen LogP contribution in [0, 0.1) is 5.92 Å². The van der Waals surface area contributed by atoms with E-state index in [-0.39, 0.29) is 0 Å². The van der Waals surface area contributed by atoms with Crippen LogP contribution >= 0.6 is 0 Å². The third kappa shape index (κ3) is 4.16. The average molecular weight is 279 g/mol. The topological polar surface area (TPSA) is 47.7 Å². The number of halogens is 1. The number of hydrogen-bond donors (Lipinski definition) is 1. The molecule has 0 unspecified atom stereocenters. The number of alkyl halides is 1. The van der Waals surface area contributed by atoms with Gasteiger partial charge in [0.25, 0.3) is 0 Å². The Morgan fingerprint density at radius 2 is 2.15 bits per heavy atom. The lowest BCUT2D eigenvalue weighted by molar-refractivity contribution is 0.417. The van der Waals surface area contributed by atoms with Crippen molar-refractivity contribution in [2.75, 3.05) is 6.67 Å². The van der Waals surface area contributed by atoms with Crippen LogP contribution in [-0.2, 0) is 26.2 Å². The summed E-state index contributed by atoms with van der Waals surface area (Å²) in [5.74, 6) is 0.589. The van der Waals surface area contributed by atoms with E-state index in [1.165, 1.54) is 0 Å². The summed E-state index contributed by atoms with van der Waals surface area (Å²) in [5.41, 5.74) is 2.15. The Balaban J connectivity index is 1.80. The molecule has 0 fully saturated rings. The first-order chi connectivity index (χ1) is 9.69. The van der Waals surface area contributed by atoms with Gasteiger partial charge in [-0.2, -0.15) is 10.2 Å². The highest BCUT2D eigenvalue weighted by atomic mass is 19.1. The molecule has 2 aromatic rings. The summed E-state index contributed by atoms with van der Waals surface area (Å²) in [6, 6.07) is 1.91. The van der Waals surface area contributed by atoms with Crippen LogP contribution in [0.1, 0.15) is 25.1 Å². The van der Waals surface area contributed by atoms with Crippen molar-refractivity contribution in [2.24, 2.45) is 5.92 Å². The van der Waals surface area contributed by atoms with Crippen molar-refractivity contribution in [3.8, 4) is 0 Å². The van der Waals surface area contributed by atoms with E-state index in [4.69, 9.17) is 0 Å². The van der Waals surface area contributed by atoms with Crippen LogP contribution in [0.3, 0.4) is 0 Å². The van der Waals surface area contributed by atoms with Crippen LogP contribution in [-0.4, -0.2) is 26.2 Å². The number of rotatable bonds is 8. The predicted octanol–water partition coefficient (Wildman–Crippen LogP) is 1.99. The maximum absolute atomic E-state index is 12.3. The van der Waals surface area contributed by atoms with Gasteiger partial charge in [0.05, 0.1) is 18.4 Å². The largest absolute Gasteiger partial charge is 0.307 e. The van der Waals surface area contributed by atoms with Crippen molar-refractivity contribution in [1.29, 1.82) is 0 Å². The lowest BCUT2D eigenvalue weighted by atomic mass is 10.2. The summed E-state index contributed by atoms with van der Waals surface area (Å²) in [7, 11) is 0. The van der Waals surface area contributed by atoms with Crippen LogP contribution in [0.4, 0.5) is 4.39 Å². The van der Waals surface area contributed by atoms with Gasteiger partial charge in [0.2, 0.25) is 0 Å². The van der Waals surface area contributed by atoms with E-state index in [1.54, 1.807) is 10.9 Å². The third-order valence-corrected chi connectivity index (χ3v) is 2.97. The molecular weight excluding hydrogens is 257 g/mol. The highest BCUT2D eigenvalue weighted by Crippen LogP contribution is 2.03. The normalized spacial score (nSPS) is 11.4. The summed E-state index contributed by atoms with van der Waals surface area (Å²) >= 11 is 0. The fourth-order valence-electron chi connectivity index (χ4n) is 2.10.